The second kappa shape index (κ2) is 5.82. The lowest BCUT2D eigenvalue weighted by molar-refractivity contribution is -0.117. The molecule has 92 valence electrons. The molecule has 0 bridgehead atoms. The minimum Gasteiger partial charge on any atom is -0.387 e. The van der Waals surface area contributed by atoms with Crippen LogP contribution in [0, 0.1) is 11.3 Å². The highest BCUT2D eigenvalue weighted by Gasteiger charge is 2.20. The van der Waals surface area contributed by atoms with E-state index in [4.69, 9.17) is 5.26 Å². The third kappa shape index (κ3) is 3.59. The molecule has 0 unspecified atom stereocenters. The average molecular weight is 242 g/mol. The van der Waals surface area contributed by atoms with E-state index in [1.54, 1.807) is 18.5 Å². The highest BCUT2D eigenvalue weighted by Crippen LogP contribution is 2.18. The van der Waals surface area contributed by atoms with E-state index in [-0.39, 0.29) is 11.5 Å². The second-order valence-corrected chi connectivity index (χ2v) is 4.15. The third-order valence-electron chi connectivity index (χ3n) is 2.58. The van der Waals surface area contributed by atoms with Gasteiger partial charge in [-0.3, -0.25) is 9.78 Å². The number of amides is 1. The van der Waals surface area contributed by atoms with Crippen molar-refractivity contribution in [3.05, 3.63) is 41.9 Å². The van der Waals surface area contributed by atoms with E-state index < -0.39 is 0 Å². The highest BCUT2D eigenvalue weighted by molar-refractivity contribution is 5.97. The first kappa shape index (κ1) is 12.1. The highest BCUT2D eigenvalue weighted by atomic mass is 16.1. The quantitative estimate of drug-likeness (QED) is 0.593. The van der Waals surface area contributed by atoms with Crippen LogP contribution >= 0.6 is 0 Å². The Morgan fingerprint density at radius 1 is 1.61 bits per heavy atom. The van der Waals surface area contributed by atoms with Gasteiger partial charge in [0, 0.05) is 31.2 Å². The van der Waals surface area contributed by atoms with Crippen molar-refractivity contribution in [3.8, 4) is 6.07 Å². The first-order valence-electron chi connectivity index (χ1n) is 5.83. The lowest BCUT2D eigenvalue weighted by atomic mass is 10.2. The summed E-state index contributed by atoms with van der Waals surface area (Å²) in [7, 11) is 0. The number of hydrogen-bond donors (Lipinski definition) is 2. The number of nitrogens with one attached hydrogen (secondary N) is 2. The van der Waals surface area contributed by atoms with E-state index in [2.05, 4.69) is 15.6 Å². The van der Waals surface area contributed by atoms with Crippen molar-refractivity contribution in [2.75, 3.05) is 0 Å². The van der Waals surface area contributed by atoms with Gasteiger partial charge in [-0.25, -0.2) is 0 Å². The number of rotatable bonds is 5. The van der Waals surface area contributed by atoms with Gasteiger partial charge in [-0.15, -0.1) is 0 Å². The van der Waals surface area contributed by atoms with Gasteiger partial charge in [0.05, 0.1) is 0 Å². The topological polar surface area (TPSA) is 77.8 Å². The summed E-state index contributed by atoms with van der Waals surface area (Å²) in [4.78, 5) is 15.7. The Morgan fingerprint density at radius 2 is 2.44 bits per heavy atom. The fourth-order valence-electron chi connectivity index (χ4n) is 1.38. The summed E-state index contributed by atoms with van der Waals surface area (Å²) in [6.45, 7) is 0.370. The Bertz CT molecular complexity index is 485. The third-order valence-corrected chi connectivity index (χ3v) is 2.58. The molecule has 0 aromatic carbocycles. The van der Waals surface area contributed by atoms with Gasteiger partial charge in [-0.2, -0.15) is 5.26 Å². The van der Waals surface area contributed by atoms with Crippen molar-refractivity contribution >= 4 is 5.91 Å². The molecule has 0 radical (unpaired) electrons. The molecule has 0 spiro atoms. The van der Waals surface area contributed by atoms with Crippen molar-refractivity contribution < 1.29 is 4.79 Å². The van der Waals surface area contributed by atoms with Gasteiger partial charge in [-0.1, -0.05) is 6.07 Å². The number of hydrogen-bond acceptors (Lipinski definition) is 4. The molecule has 1 saturated carbocycles. The maximum Gasteiger partial charge on any atom is 0.263 e. The minimum atomic E-state index is -0.366. The van der Waals surface area contributed by atoms with Crippen LogP contribution < -0.4 is 10.6 Å². The fraction of sp³-hybridized carbons (Fsp3) is 0.308. The van der Waals surface area contributed by atoms with Crippen LogP contribution in [0.4, 0.5) is 0 Å². The Labute approximate surface area is 106 Å². The monoisotopic (exact) mass is 242 g/mol. The summed E-state index contributed by atoms with van der Waals surface area (Å²) in [5, 5.41) is 14.6. The maximum atomic E-state index is 11.7. The smallest absolute Gasteiger partial charge is 0.263 e. The Kier molecular flexibility index (Phi) is 3.92. The number of nitriles is 1. The lowest BCUT2D eigenvalue weighted by Gasteiger charge is -2.04. The van der Waals surface area contributed by atoms with Gasteiger partial charge in [0.25, 0.3) is 5.91 Å². The molecular formula is C13H14N4O. The lowest BCUT2D eigenvalue weighted by Crippen LogP contribution is -2.25. The van der Waals surface area contributed by atoms with Gasteiger partial charge in [0.2, 0.25) is 0 Å². The maximum absolute atomic E-state index is 11.7. The second-order valence-electron chi connectivity index (χ2n) is 4.15. The predicted molar refractivity (Wildman–Crippen MR) is 65.9 cm³/mol. The number of carbonyl (C=O) groups excluding carboxylic acids is 1. The van der Waals surface area contributed by atoms with Gasteiger partial charge >= 0.3 is 0 Å². The number of pyridine rings is 1. The molecule has 1 fully saturated rings. The number of aromatic nitrogens is 1. The number of nitrogens with zero attached hydrogens (tertiary/aromatic N) is 2. The van der Waals surface area contributed by atoms with E-state index in [1.807, 2.05) is 12.1 Å². The molecule has 1 aliphatic rings. The number of carbonyl (C=O) groups is 1. The fourth-order valence-corrected chi connectivity index (χ4v) is 1.38. The van der Waals surface area contributed by atoms with E-state index in [0.29, 0.717) is 12.6 Å². The van der Waals surface area contributed by atoms with Crippen LogP contribution in [0.2, 0.25) is 0 Å². The van der Waals surface area contributed by atoms with Gasteiger partial charge in [0.1, 0.15) is 11.6 Å². The van der Waals surface area contributed by atoms with Crippen LogP contribution in [0.25, 0.3) is 0 Å². The SMILES string of the molecule is N#C/C(=C/NC1CC1)C(=O)NCc1cccnc1. The Balaban J connectivity index is 1.86. The van der Waals surface area contributed by atoms with Crippen molar-refractivity contribution in [1.82, 2.24) is 15.6 Å². The summed E-state index contributed by atoms with van der Waals surface area (Å²) < 4.78 is 0. The summed E-state index contributed by atoms with van der Waals surface area (Å²) in [6.07, 6.45) is 7.05. The van der Waals surface area contributed by atoms with E-state index in [0.717, 1.165) is 18.4 Å². The predicted octanol–water partition coefficient (Wildman–Crippen LogP) is 0.857. The summed E-state index contributed by atoms with van der Waals surface area (Å²) in [5.74, 6) is -0.366. The van der Waals surface area contributed by atoms with E-state index in [1.165, 1.54) is 6.20 Å². The summed E-state index contributed by atoms with van der Waals surface area (Å²) in [6, 6.07) is 5.99. The first-order chi connectivity index (χ1) is 8.79. The molecule has 1 aliphatic carbocycles. The standard InChI is InChI=1S/C13H14N4O/c14-6-11(9-16-12-3-4-12)13(18)17-8-10-2-1-5-15-7-10/h1-2,5,7,9,12,16H,3-4,8H2,(H,17,18)/b11-9-. The molecule has 5 nitrogen and oxygen atoms in total. The van der Waals surface area contributed by atoms with Gasteiger partial charge in [0.15, 0.2) is 0 Å². The molecule has 5 heteroatoms. The molecule has 1 aromatic rings. The van der Waals surface area contributed by atoms with Crippen LogP contribution in [0.1, 0.15) is 18.4 Å². The van der Waals surface area contributed by atoms with Crippen molar-refractivity contribution in [2.24, 2.45) is 0 Å². The van der Waals surface area contributed by atoms with E-state index >= 15 is 0 Å². The van der Waals surface area contributed by atoms with Crippen LogP contribution in [0.3, 0.4) is 0 Å². The Morgan fingerprint density at radius 3 is 3.06 bits per heavy atom. The molecule has 0 aliphatic heterocycles. The molecule has 0 saturated heterocycles. The first-order valence-corrected chi connectivity index (χ1v) is 5.83. The van der Waals surface area contributed by atoms with Crippen LogP contribution in [-0.4, -0.2) is 16.9 Å². The van der Waals surface area contributed by atoms with Gasteiger partial charge in [-0.05, 0) is 24.5 Å². The molecular weight excluding hydrogens is 228 g/mol. The zero-order valence-corrected chi connectivity index (χ0v) is 9.89. The molecule has 2 rings (SSSR count). The molecule has 1 heterocycles. The normalized spacial score (nSPS) is 14.7. The molecule has 18 heavy (non-hydrogen) atoms. The largest absolute Gasteiger partial charge is 0.387 e. The zero-order chi connectivity index (χ0) is 12.8. The van der Waals surface area contributed by atoms with Crippen molar-refractivity contribution in [3.63, 3.8) is 0 Å². The molecule has 1 aromatic heterocycles. The summed E-state index contributed by atoms with van der Waals surface area (Å²) in [5.41, 5.74) is 1.00. The van der Waals surface area contributed by atoms with Gasteiger partial charge < -0.3 is 10.6 Å². The summed E-state index contributed by atoms with van der Waals surface area (Å²) >= 11 is 0. The average Bonchev–Trinajstić information content (AvgIpc) is 3.22. The molecule has 2 N–H and O–H groups in total. The van der Waals surface area contributed by atoms with Crippen LogP contribution in [0.5, 0.6) is 0 Å². The minimum absolute atomic E-state index is 0.103. The molecule has 1 amide bonds. The van der Waals surface area contributed by atoms with E-state index in [9.17, 15) is 4.79 Å². The molecule has 0 atom stereocenters. The van der Waals surface area contributed by atoms with Crippen LogP contribution in [-0.2, 0) is 11.3 Å². The van der Waals surface area contributed by atoms with Crippen molar-refractivity contribution in [1.29, 1.82) is 5.26 Å². The Hall–Kier alpha value is -2.35. The van der Waals surface area contributed by atoms with Crippen LogP contribution in [0.15, 0.2) is 36.3 Å². The zero-order valence-electron chi connectivity index (χ0n) is 9.89. The van der Waals surface area contributed by atoms with Crippen molar-refractivity contribution in [2.45, 2.75) is 25.4 Å².